The molecule has 0 saturated carbocycles. The quantitative estimate of drug-likeness (QED) is 0.884. The van der Waals surface area contributed by atoms with Crippen molar-refractivity contribution < 1.29 is 9.84 Å². The van der Waals surface area contributed by atoms with Crippen LogP contribution in [0.5, 0.6) is 5.75 Å². The first-order chi connectivity index (χ1) is 11.0. The number of aliphatic hydroxyl groups is 1. The number of hydrogen-bond acceptors (Lipinski definition) is 5. The van der Waals surface area contributed by atoms with Crippen LogP contribution in [-0.2, 0) is 6.61 Å². The second-order valence-corrected chi connectivity index (χ2v) is 5.54. The van der Waals surface area contributed by atoms with E-state index in [4.69, 9.17) is 10.5 Å². The Labute approximate surface area is 136 Å². The molecule has 0 bridgehead atoms. The lowest BCUT2D eigenvalue weighted by molar-refractivity contribution is 0.267. The van der Waals surface area contributed by atoms with Crippen molar-refractivity contribution >= 4 is 5.82 Å². The van der Waals surface area contributed by atoms with Gasteiger partial charge in [-0.15, -0.1) is 0 Å². The van der Waals surface area contributed by atoms with Gasteiger partial charge in [0.2, 0.25) is 0 Å². The van der Waals surface area contributed by atoms with Crippen molar-refractivity contribution in [3.63, 3.8) is 0 Å². The summed E-state index contributed by atoms with van der Waals surface area (Å²) < 4.78 is 5.50. The second kappa shape index (κ2) is 7.12. The number of nitrogens with zero attached hydrogens (tertiary/aromatic N) is 2. The van der Waals surface area contributed by atoms with E-state index in [1.54, 1.807) is 6.07 Å². The zero-order valence-electron chi connectivity index (χ0n) is 13.6. The molecule has 3 N–H and O–H groups in total. The van der Waals surface area contributed by atoms with Crippen molar-refractivity contribution in [1.29, 1.82) is 5.26 Å². The number of aliphatic hydroxyl groups excluding tert-OH is 1. The monoisotopic (exact) mass is 311 g/mol. The van der Waals surface area contributed by atoms with Crippen LogP contribution in [0.1, 0.15) is 43.5 Å². The van der Waals surface area contributed by atoms with Crippen molar-refractivity contribution in [1.82, 2.24) is 4.98 Å². The number of anilines is 1. The summed E-state index contributed by atoms with van der Waals surface area (Å²) in [7, 11) is 0. The van der Waals surface area contributed by atoms with Gasteiger partial charge in [-0.1, -0.05) is 19.9 Å². The lowest BCUT2D eigenvalue weighted by atomic mass is 9.96. The fourth-order valence-electron chi connectivity index (χ4n) is 2.39. The van der Waals surface area contributed by atoms with E-state index < -0.39 is 0 Å². The maximum absolute atomic E-state index is 9.56. The second-order valence-electron chi connectivity index (χ2n) is 5.54. The highest BCUT2D eigenvalue weighted by molar-refractivity contribution is 5.76. The van der Waals surface area contributed by atoms with E-state index in [2.05, 4.69) is 11.1 Å². The van der Waals surface area contributed by atoms with Crippen LogP contribution >= 0.6 is 0 Å². The van der Waals surface area contributed by atoms with Crippen molar-refractivity contribution in [2.24, 2.45) is 0 Å². The van der Waals surface area contributed by atoms with Gasteiger partial charge in [0.1, 0.15) is 23.2 Å². The van der Waals surface area contributed by atoms with E-state index in [1.807, 2.05) is 39.0 Å². The number of benzene rings is 1. The number of nitrogen functional groups attached to an aromatic ring is 1. The normalized spacial score (nSPS) is 10.6. The van der Waals surface area contributed by atoms with Crippen molar-refractivity contribution in [2.45, 2.75) is 33.3 Å². The maximum atomic E-state index is 9.56. The molecule has 120 valence electrons. The molecule has 23 heavy (non-hydrogen) atoms. The number of hydrogen-bond donors (Lipinski definition) is 2. The maximum Gasteiger partial charge on any atom is 0.142 e. The Morgan fingerprint density at radius 1 is 1.35 bits per heavy atom. The van der Waals surface area contributed by atoms with Gasteiger partial charge in [-0.05, 0) is 36.6 Å². The predicted octanol–water partition coefficient (Wildman–Crippen LogP) is 3.22. The first kappa shape index (κ1) is 16.8. The minimum atomic E-state index is -0.136. The molecule has 2 aromatic rings. The van der Waals surface area contributed by atoms with Gasteiger partial charge < -0.3 is 15.6 Å². The number of pyridine rings is 1. The molecule has 1 aromatic carbocycles. The molecule has 0 atom stereocenters. The largest absolute Gasteiger partial charge is 0.494 e. The molecule has 0 aliphatic carbocycles. The minimum Gasteiger partial charge on any atom is -0.494 e. The Bertz CT molecular complexity index is 749. The number of nitriles is 1. The molecule has 0 fully saturated rings. The molecule has 1 aromatic heterocycles. The Morgan fingerprint density at radius 2 is 2.09 bits per heavy atom. The molecule has 0 spiro atoms. The van der Waals surface area contributed by atoms with Gasteiger partial charge in [-0.2, -0.15) is 5.26 Å². The van der Waals surface area contributed by atoms with E-state index in [0.29, 0.717) is 23.5 Å². The molecule has 0 amide bonds. The van der Waals surface area contributed by atoms with Crippen LogP contribution < -0.4 is 10.5 Å². The standard InChI is InChI=1S/C18H21N3O2/c1-4-23-17-6-5-12(7-13(17)10-22)14-8-16(11(2)3)21-18(20)15(14)9-19/h5-8,11,22H,4,10H2,1-3H3,(H2,20,21). The van der Waals surface area contributed by atoms with Gasteiger partial charge in [0.15, 0.2) is 0 Å². The summed E-state index contributed by atoms with van der Waals surface area (Å²) in [6, 6.07) is 9.50. The van der Waals surface area contributed by atoms with Crippen LogP contribution in [-0.4, -0.2) is 16.7 Å². The molecule has 5 nitrogen and oxygen atoms in total. The van der Waals surface area contributed by atoms with Crippen molar-refractivity contribution in [3.8, 4) is 22.9 Å². The summed E-state index contributed by atoms with van der Waals surface area (Å²) in [4.78, 5) is 4.30. The highest BCUT2D eigenvalue weighted by Crippen LogP contribution is 2.32. The summed E-state index contributed by atoms with van der Waals surface area (Å²) >= 11 is 0. The van der Waals surface area contributed by atoms with Gasteiger partial charge in [0.25, 0.3) is 0 Å². The Morgan fingerprint density at radius 3 is 2.65 bits per heavy atom. The van der Waals surface area contributed by atoms with Crippen LogP contribution in [0, 0.1) is 11.3 Å². The van der Waals surface area contributed by atoms with E-state index in [-0.39, 0.29) is 18.3 Å². The number of ether oxygens (including phenoxy) is 1. The van der Waals surface area contributed by atoms with Gasteiger partial charge in [-0.25, -0.2) is 4.98 Å². The van der Waals surface area contributed by atoms with Crippen LogP contribution in [0.4, 0.5) is 5.82 Å². The van der Waals surface area contributed by atoms with E-state index in [9.17, 15) is 10.4 Å². The summed E-state index contributed by atoms with van der Waals surface area (Å²) in [6.07, 6.45) is 0. The Balaban J connectivity index is 2.63. The lowest BCUT2D eigenvalue weighted by Gasteiger charge is -2.14. The van der Waals surface area contributed by atoms with Gasteiger partial charge in [0, 0.05) is 16.8 Å². The van der Waals surface area contributed by atoms with Gasteiger partial charge >= 0.3 is 0 Å². The lowest BCUT2D eigenvalue weighted by Crippen LogP contribution is -2.03. The third-order valence-corrected chi connectivity index (χ3v) is 3.61. The average Bonchev–Trinajstić information content (AvgIpc) is 2.54. The topological polar surface area (TPSA) is 92.2 Å². The molecule has 1 heterocycles. The van der Waals surface area contributed by atoms with E-state index >= 15 is 0 Å². The van der Waals surface area contributed by atoms with Crippen LogP contribution in [0.2, 0.25) is 0 Å². The third-order valence-electron chi connectivity index (χ3n) is 3.61. The Hall–Kier alpha value is -2.58. The molecular formula is C18H21N3O2. The summed E-state index contributed by atoms with van der Waals surface area (Å²) in [5.41, 5.74) is 9.34. The fraction of sp³-hybridized carbons (Fsp3) is 0.333. The smallest absolute Gasteiger partial charge is 0.142 e. The van der Waals surface area contributed by atoms with Crippen LogP contribution in [0.15, 0.2) is 24.3 Å². The first-order valence-corrected chi connectivity index (χ1v) is 7.59. The molecule has 0 aliphatic heterocycles. The van der Waals surface area contributed by atoms with Crippen LogP contribution in [0.3, 0.4) is 0 Å². The predicted molar refractivity (Wildman–Crippen MR) is 90.0 cm³/mol. The molecule has 5 heteroatoms. The zero-order valence-corrected chi connectivity index (χ0v) is 13.6. The molecule has 0 radical (unpaired) electrons. The van der Waals surface area contributed by atoms with Crippen molar-refractivity contribution in [3.05, 3.63) is 41.1 Å². The fourth-order valence-corrected chi connectivity index (χ4v) is 2.39. The highest BCUT2D eigenvalue weighted by Gasteiger charge is 2.15. The van der Waals surface area contributed by atoms with Gasteiger partial charge in [0.05, 0.1) is 13.2 Å². The molecule has 0 unspecified atom stereocenters. The molecular weight excluding hydrogens is 290 g/mol. The zero-order chi connectivity index (χ0) is 17.0. The summed E-state index contributed by atoms with van der Waals surface area (Å²) in [5.74, 6) is 1.07. The number of nitrogens with two attached hydrogens (primary N) is 1. The number of rotatable bonds is 5. The van der Waals surface area contributed by atoms with E-state index in [0.717, 1.165) is 16.8 Å². The third kappa shape index (κ3) is 3.43. The van der Waals surface area contributed by atoms with Crippen molar-refractivity contribution in [2.75, 3.05) is 12.3 Å². The minimum absolute atomic E-state index is 0.136. The number of aromatic nitrogens is 1. The first-order valence-electron chi connectivity index (χ1n) is 7.59. The highest BCUT2D eigenvalue weighted by atomic mass is 16.5. The summed E-state index contributed by atoms with van der Waals surface area (Å²) in [5, 5.41) is 19.0. The molecule has 0 aliphatic rings. The molecule has 2 rings (SSSR count). The van der Waals surface area contributed by atoms with E-state index in [1.165, 1.54) is 0 Å². The summed E-state index contributed by atoms with van der Waals surface area (Å²) in [6.45, 7) is 6.32. The average molecular weight is 311 g/mol. The molecule has 0 saturated heterocycles. The van der Waals surface area contributed by atoms with Crippen LogP contribution in [0.25, 0.3) is 11.1 Å². The van der Waals surface area contributed by atoms with Gasteiger partial charge in [-0.3, -0.25) is 0 Å². The SMILES string of the molecule is CCOc1ccc(-c2cc(C(C)C)nc(N)c2C#N)cc1CO. The Kier molecular flexibility index (Phi) is 5.20.